The van der Waals surface area contributed by atoms with Crippen LogP contribution in [0, 0.1) is 30.6 Å². The zero-order chi connectivity index (χ0) is 14.3. The average molecular weight is 260 g/mol. The SMILES string of the molecule is CC1(C)[C@@H]2CC[C@]1(C)[C@H](O)C2.Cc1ccccc1C. The number of aryl methyl sites for hydroxylation is 2. The van der Waals surface area contributed by atoms with Crippen LogP contribution in [0.4, 0.5) is 0 Å². The molecule has 2 saturated carbocycles. The van der Waals surface area contributed by atoms with Crippen molar-refractivity contribution in [2.24, 2.45) is 16.7 Å². The van der Waals surface area contributed by atoms with Crippen LogP contribution in [0.25, 0.3) is 0 Å². The van der Waals surface area contributed by atoms with Gasteiger partial charge in [0.1, 0.15) is 0 Å². The molecule has 1 heteroatoms. The molecule has 1 aromatic carbocycles. The van der Waals surface area contributed by atoms with E-state index in [1.54, 1.807) is 0 Å². The zero-order valence-corrected chi connectivity index (χ0v) is 13.0. The Morgan fingerprint density at radius 1 is 1.05 bits per heavy atom. The summed E-state index contributed by atoms with van der Waals surface area (Å²) in [5.41, 5.74) is 3.34. The molecule has 1 N–H and O–H groups in total. The van der Waals surface area contributed by atoms with Gasteiger partial charge < -0.3 is 5.11 Å². The van der Waals surface area contributed by atoms with Crippen LogP contribution in [0.2, 0.25) is 0 Å². The molecule has 1 aromatic rings. The summed E-state index contributed by atoms with van der Waals surface area (Å²) in [6.45, 7) is 11.1. The van der Waals surface area contributed by atoms with Crippen molar-refractivity contribution in [2.75, 3.05) is 0 Å². The summed E-state index contributed by atoms with van der Waals surface area (Å²) >= 11 is 0. The highest BCUT2D eigenvalue weighted by Crippen LogP contribution is 2.65. The third-order valence-electron chi connectivity index (χ3n) is 6.17. The lowest BCUT2D eigenvalue weighted by Gasteiger charge is -2.36. The lowest BCUT2D eigenvalue weighted by molar-refractivity contribution is 0.0126. The molecular weight excluding hydrogens is 232 g/mol. The van der Waals surface area contributed by atoms with Crippen LogP contribution < -0.4 is 0 Å². The number of aliphatic hydroxyl groups is 1. The fourth-order valence-corrected chi connectivity index (χ4v) is 3.82. The molecule has 0 heterocycles. The lowest BCUT2D eigenvalue weighted by Crippen LogP contribution is -2.35. The Balaban J connectivity index is 0.000000148. The molecule has 1 nitrogen and oxygen atoms in total. The number of hydrogen-bond donors (Lipinski definition) is 1. The summed E-state index contributed by atoms with van der Waals surface area (Å²) in [4.78, 5) is 0. The predicted octanol–water partition coefficient (Wildman–Crippen LogP) is 4.50. The maximum absolute atomic E-state index is 9.81. The lowest BCUT2D eigenvalue weighted by atomic mass is 9.70. The molecule has 0 unspecified atom stereocenters. The van der Waals surface area contributed by atoms with Gasteiger partial charge in [-0.1, -0.05) is 45.0 Å². The van der Waals surface area contributed by atoms with Crippen molar-refractivity contribution in [3.63, 3.8) is 0 Å². The summed E-state index contributed by atoms with van der Waals surface area (Å²) in [6, 6.07) is 8.36. The van der Waals surface area contributed by atoms with Gasteiger partial charge in [-0.25, -0.2) is 0 Å². The van der Waals surface area contributed by atoms with E-state index in [1.807, 2.05) is 0 Å². The van der Waals surface area contributed by atoms with Gasteiger partial charge in [0.25, 0.3) is 0 Å². The van der Waals surface area contributed by atoms with E-state index in [0.29, 0.717) is 5.41 Å². The molecule has 2 bridgehead atoms. The molecule has 0 amide bonds. The van der Waals surface area contributed by atoms with E-state index in [9.17, 15) is 5.11 Å². The molecule has 0 aromatic heterocycles. The Hall–Kier alpha value is -0.820. The highest BCUT2D eigenvalue weighted by molar-refractivity contribution is 5.23. The first-order valence-corrected chi connectivity index (χ1v) is 7.49. The largest absolute Gasteiger partial charge is 0.393 e. The molecule has 0 spiro atoms. The number of fused-ring (bicyclic) bond motifs is 2. The summed E-state index contributed by atoms with van der Waals surface area (Å²) < 4.78 is 0. The first kappa shape index (κ1) is 14.6. The van der Waals surface area contributed by atoms with Gasteiger partial charge in [-0.15, -0.1) is 0 Å². The van der Waals surface area contributed by atoms with Gasteiger partial charge in [0.15, 0.2) is 0 Å². The molecule has 106 valence electrons. The maximum atomic E-state index is 9.81. The van der Waals surface area contributed by atoms with E-state index < -0.39 is 0 Å². The van der Waals surface area contributed by atoms with Crippen LogP contribution in [0.3, 0.4) is 0 Å². The van der Waals surface area contributed by atoms with Crippen LogP contribution in [-0.2, 0) is 0 Å². The fourth-order valence-electron chi connectivity index (χ4n) is 3.82. The third kappa shape index (κ3) is 2.33. The van der Waals surface area contributed by atoms with Gasteiger partial charge in [0.2, 0.25) is 0 Å². The van der Waals surface area contributed by atoms with Crippen molar-refractivity contribution >= 4 is 0 Å². The Morgan fingerprint density at radius 3 is 1.79 bits per heavy atom. The maximum Gasteiger partial charge on any atom is 0.0601 e. The Morgan fingerprint density at radius 2 is 1.58 bits per heavy atom. The van der Waals surface area contributed by atoms with Crippen molar-refractivity contribution < 1.29 is 5.11 Å². The van der Waals surface area contributed by atoms with Gasteiger partial charge in [0, 0.05) is 0 Å². The molecule has 2 fully saturated rings. The number of rotatable bonds is 0. The minimum atomic E-state index is -0.0313. The average Bonchev–Trinajstić information content (AvgIpc) is 2.67. The fraction of sp³-hybridized carbons (Fsp3) is 0.667. The second-order valence-corrected chi connectivity index (χ2v) is 7.21. The van der Waals surface area contributed by atoms with E-state index in [-0.39, 0.29) is 11.5 Å². The summed E-state index contributed by atoms with van der Waals surface area (Å²) in [7, 11) is 0. The van der Waals surface area contributed by atoms with E-state index in [1.165, 1.54) is 24.0 Å². The molecule has 0 aliphatic heterocycles. The first-order valence-electron chi connectivity index (χ1n) is 7.49. The quantitative estimate of drug-likeness (QED) is 0.728. The topological polar surface area (TPSA) is 20.2 Å². The third-order valence-corrected chi connectivity index (χ3v) is 6.17. The molecule has 3 atom stereocenters. The Labute approximate surface area is 118 Å². The molecule has 0 radical (unpaired) electrons. The second-order valence-electron chi connectivity index (χ2n) is 7.21. The minimum Gasteiger partial charge on any atom is -0.393 e. The molecule has 19 heavy (non-hydrogen) atoms. The Kier molecular flexibility index (Phi) is 3.79. The molecular formula is C18H28O. The summed E-state index contributed by atoms with van der Waals surface area (Å²) in [5.74, 6) is 0.780. The minimum absolute atomic E-state index is 0.0313. The number of benzene rings is 1. The molecule has 3 rings (SSSR count). The molecule has 0 saturated heterocycles. The van der Waals surface area contributed by atoms with Crippen molar-refractivity contribution in [2.45, 2.75) is 60.0 Å². The standard InChI is InChI=1S/C10H18O.C8H10/c1-9(2)7-4-5-10(9,3)8(11)6-7;1-7-5-3-4-6-8(7)2/h7-8,11H,4-6H2,1-3H3;3-6H,1-2H3/t7-,8-,10-;/m1./s1. The Bertz CT molecular complexity index is 428. The van der Waals surface area contributed by atoms with Gasteiger partial charge >= 0.3 is 0 Å². The van der Waals surface area contributed by atoms with Crippen molar-refractivity contribution in [3.05, 3.63) is 35.4 Å². The van der Waals surface area contributed by atoms with E-state index >= 15 is 0 Å². The van der Waals surface area contributed by atoms with Crippen molar-refractivity contribution in [1.82, 2.24) is 0 Å². The number of aliphatic hydroxyl groups excluding tert-OH is 1. The van der Waals surface area contributed by atoms with E-state index in [2.05, 4.69) is 58.9 Å². The van der Waals surface area contributed by atoms with Crippen LogP contribution in [0.5, 0.6) is 0 Å². The predicted molar refractivity (Wildman–Crippen MR) is 81.2 cm³/mol. The molecule has 2 aliphatic rings. The highest BCUT2D eigenvalue weighted by atomic mass is 16.3. The molecule has 2 aliphatic carbocycles. The number of hydrogen-bond acceptors (Lipinski definition) is 1. The normalized spacial score (nSPS) is 34.8. The van der Waals surface area contributed by atoms with E-state index in [0.717, 1.165) is 12.3 Å². The van der Waals surface area contributed by atoms with E-state index in [4.69, 9.17) is 0 Å². The summed E-state index contributed by atoms with van der Waals surface area (Å²) in [5, 5.41) is 9.81. The van der Waals surface area contributed by atoms with Crippen LogP contribution in [0.1, 0.15) is 51.2 Å². The van der Waals surface area contributed by atoms with Crippen LogP contribution in [0.15, 0.2) is 24.3 Å². The van der Waals surface area contributed by atoms with Crippen LogP contribution in [-0.4, -0.2) is 11.2 Å². The second kappa shape index (κ2) is 4.94. The first-order chi connectivity index (χ1) is 8.79. The highest BCUT2D eigenvalue weighted by Gasteiger charge is 2.60. The van der Waals surface area contributed by atoms with Crippen molar-refractivity contribution in [1.29, 1.82) is 0 Å². The van der Waals surface area contributed by atoms with Gasteiger partial charge in [-0.3, -0.25) is 0 Å². The van der Waals surface area contributed by atoms with Crippen molar-refractivity contribution in [3.8, 4) is 0 Å². The summed E-state index contributed by atoms with van der Waals surface area (Å²) in [6.07, 6.45) is 3.58. The zero-order valence-electron chi connectivity index (χ0n) is 13.0. The van der Waals surface area contributed by atoms with Gasteiger partial charge in [0.05, 0.1) is 6.10 Å². The monoisotopic (exact) mass is 260 g/mol. The smallest absolute Gasteiger partial charge is 0.0601 e. The van der Waals surface area contributed by atoms with Gasteiger partial charge in [-0.2, -0.15) is 0 Å². The van der Waals surface area contributed by atoms with Gasteiger partial charge in [-0.05, 0) is 61.0 Å². The van der Waals surface area contributed by atoms with Crippen LogP contribution >= 0.6 is 0 Å².